The summed E-state index contributed by atoms with van der Waals surface area (Å²) in [7, 11) is 1.28. The number of aliphatic carboxylic acids is 1. The normalized spacial score (nSPS) is 24.9. The Bertz CT molecular complexity index is 1040. The number of β-lactam (4-membered cyclic amide) rings is 1. The molecule has 3 aliphatic heterocycles. The van der Waals surface area contributed by atoms with Crippen LogP contribution in [0.2, 0.25) is 0 Å². The van der Waals surface area contributed by atoms with Gasteiger partial charge in [0.15, 0.2) is 10.8 Å². The van der Waals surface area contributed by atoms with Gasteiger partial charge in [0.25, 0.3) is 11.8 Å². The second kappa shape index (κ2) is 11.0. The Labute approximate surface area is 219 Å². The molecule has 170 valence electrons. The molecule has 1 aromatic heterocycles. The first-order valence-corrected chi connectivity index (χ1v) is 11.7. The minimum absolute atomic E-state index is 0. The molecule has 0 saturated carbocycles. The van der Waals surface area contributed by atoms with Crippen molar-refractivity contribution in [2.75, 3.05) is 25.2 Å². The number of nitrogens with one attached hydrogen (secondary N) is 1. The van der Waals surface area contributed by atoms with Crippen LogP contribution in [-0.2, 0) is 24.0 Å². The number of thiazole rings is 1. The van der Waals surface area contributed by atoms with Crippen LogP contribution < -0.4 is 45.7 Å². The van der Waals surface area contributed by atoms with Crippen LogP contribution in [-0.4, -0.2) is 70.4 Å². The van der Waals surface area contributed by atoms with E-state index in [1.807, 2.05) is 6.08 Å². The number of carbonyl (C=O) groups excluding carboxylic acids is 3. The quantitative estimate of drug-likeness (QED) is 0.165. The largest absolute Gasteiger partial charge is 1.00 e. The number of aromatic nitrogens is 1. The number of allylic oxidation sites excluding steroid dienone is 1. The van der Waals surface area contributed by atoms with Gasteiger partial charge >= 0.3 is 29.6 Å². The average Bonchev–Trinajstić information content (AvgIpc) is 3.45. The van der Waals surface area contributed by atoms with Gasteiger partial charge in [-0.05, 0) is 18.4 Å². The van der Waals surface area contributed by atoms with Gasteiger partial charge in [-0.2, -0.15) is 0 Å². The molecule has 3 aliphatic rings. The number of rotatable bonds is 7. The van der Waals surface area contributed by atoms with Crippen molar-refractivity contribution in [2.24, 2.45) is 5.16 Å². The average molecular weight is 502 g/mol. The number of ether oxygens (including phenoxy) is 1. The number of oxime groups is 1. The topological polar surface area (TPSA) is 159 Å². The number of carboxylic acids is 1. The molecular weight excluding hydrogens is 481 g/mol. The molecule has 2 saturated heterocycles. The van der Waals surface area contributed by atoms with Crippen LogP contribution in [0.15, 0.2) is 34.0 Å². The van der Waals surface area contributed by atoms with Crippen LogP contribution in [0.1, 0.15) is 18.5 Å². The summed E-state index contributed by atoms with van der Waals surface area (Å²) >= 11 is 2.48. The van der Waals surface area contributed by atoms with E-state index in [1.54, 1.807) is 11.5 Å². The molecule has 1 unspecified atom stereocenters. The van der Waals surface area contributed by atoms with Crippen molar-refractivity contribution < 1.29 is 58.6 Å². The van der Waals surface area contributed by atoms with Crippen molar-refractivity contribution in [3.05, 3.63) is 34.5 Å². The Morgan fingerprint density at radius 3 is 2.88 bits per heavy atom. The van der Waals surface area contributed by atoms with Gasteiger partial charge in [-0.3, -0.25) is 14.5 Å². The summed E-state index contributed by atoms with van der Waals surface area (Å²) < 4.78 is 5.52. The number of amides is 2. The van der Waals surface area contributed by atoms with Crippen LogP contribution in [0, 0.1) is 0 Å². The third-order valence-corrected chi connectivity index (χ3v) is 7.09. The number of thioether (sulfide) groups is 1. The van der Waals surface area contributed by atoms with E-state index in [-0.39, 0.29) is 57.9 Å². The zero-order valence-electron chi connectivity index (χ0n) is 18.0. The molecule has 0 aliphatic carbocycles. The van der Waals surface area contributed by atoms with E-state index in [4.69, 9.17) is 15.3 Å². The van der Waals surface area contributed by atoms with Gasteiger partial charge in [0.1, 0.15) is 24.2 Å². The number of nitrogens with zero attached hydrogens (tertiary/aromatic N) is 3. The Morgan fingerprint density at radius 1 is 1.48 bits per heavy atom. The minimum atomic E-state index is -1.44. The van der Waals surface area contributed by atoms with Crippen molar-refractivity contribution in [2.45, 2.75) is 30.4 Å². The van der Waals surface area contributed by atoms with E-state index in [1.165, 1.54) is 18.9 Å². The van der Waals surface area contributed by atoms with Crippen molar-refractivity contribution in [3.63, 3.8) is 0 Å². The molecule has 33 heavy (non-hydrogen) atoms. The molecule has 0 radical (unpaired) electrons. The minimum Gasteiger partial charge on any atom is -0.543 e. The zero-order chi connectivity index (χ0) is 22.8. The summed E-state index contributed by atoms with van der Waals surface area (Å²) in [6.07, 6.45) is 5.24. The molecule has 2 amide bonds. The zero-order valence-corrected chi connectivity index (χ0v) is 21.6. The molecule has 4 heterocycles. The Kier molecular flexibility index (Phi) is 8.59. The van der Waals surface area contributed by atoms with Crippen molar-refractivity contribution in [1.29, 1.82) is 0 Å². The Morgan fingerprint density at radius 2 is 2.27 bits per heavy atom. The van der Waals surface area contributed by atoms with E-state index in [2.05, 4.69) is 15.5 Å². The third kappa shape index (κ3) is 5.28. The van der Waals surface area contributed by atoms with Gasteiger partial charge in [-0.15, -0.1) is 23.1 Å². The SMILES string of the molecule is CO/N=C(\C(=O)N[C@@H]1C(=O)N2C(C(=O)[O-])=C(/C=C/C3CCCO3)CS[C@H]12)c1csc(N)n1.[Na+]. The first-order valence-electron chi connectivity index (χ1n) is 9.73. The number of carbonyl (C=O) groups is 3. The fraction of sp³-hybridized carbons (Fsp3) is 0.421. The predicted octanol–water partition coefficient (Wildman–Crippen LogP) is -3.78. The molecule has 3 N–H and O–H groups in total. The van der Waals surface area contributed by atoms with Gasteiger partial charge in [0.2, 0.25) is 0 Å². The van der Waals surface area contributed by atoms with Gasteiger partial charge in [0, 0.05) is 17.7 Å². The van der Waals surface area contributed by atoms with E-state index in [0.717, 1.165) is 29.1 Å². The molecule has 0 spiro atoms. The molecule has 3 atom stereocenters. The molecule has 14 heteroatoms. The van der Waals surface area contributed by atoms with Crippen molar-refractivity contribution >= 4 is 51.7 Å². The monoisotopic (exact) mass is 501 g/mol. The smallest absolute Gasteiger partial charge is 0.543 e. The van der Waals surface area contributed by atoms with Crippen LogP contribution in [0.3, 0.4) is 0 Å². The van der Waals surface area contributed by atoms with E-state index in [9.17, 15) is 19.5 Å². The Hall–Kier alpha value is -1.90. The van der Waals surface area contributed by atoms with Gasteiger partial charge in [-0.25, -0.2) is 4.98 Å². The number of hydrogen-bond donors (Lipinski definition) is 2. The first-order chi connectivity index (χ1) is 15.4. The van der Waals surface area contributed by atoms with E-state index >= 15 is 0 Å². The third-order valence-electron chi connectivity index (χ3n) is 5.12. The van der Waals surface area contributed by atoms with E-state index < -0.39 is 29.2 Å². The summed E-state index contributed by atoms with van der Waals surface area (Å²) in [4.78, 5) is 47.3. The number of nitrogen functional groups attached to an aromatic ring is 1. The summed E-state index contributed by atoms with van der Waals surface area (Å²) in [6.45, 7) is 0.673. The maximum atomic E-state index is 12.8. The van der Waals surface area contributed by atoms with Gasteiger partial charge in [-0.1, -0.05) is 17.3 Å². The van der Waals surface area contributed by atoms with Gasteiger partial charge < -0.3 is 30.5 Å². The van der Waals surface area contributed by atoms with Crippen LogP contribution in [0.5, 0.6) is 0 Å². The number of anilines is 1. The maximum Gasteiger partial charge on any atom is 1.00 e. The van der Waals surface area contributed by atoms with Crippen molar-refractivity contribution in [3.8, 4) is 0 Å². The summed E-state index contributed by atoms with van der Waals surface area (Å²) in [5, 5.41) is 19.3. The molecule has 2 fully saturated rings. The van der Waals surface area contributed by atoms with Crippen LogP contribution >= 0.6 is 23.1 Å². The summed E-state index contributed by atoms with van der Waals surface area (Å²) in [6, 6.07) is -0.927. The Balaban J connectivity index is 0.00000306. The molecule has 11 nitrogen and oxygen atoms in total. The second-order valence-electron chi connectivity index (χ2n) is 7.13. The molecule has 4 rings (SSSR count). The van der Waals surface area contributed by atoms with Gasteiger partial charge in [0.05, 0.1) is 17.8 Å². The number of nitrogens with two attached hydrogens (primary N) is 1. The first kappa shape index (κ1) is 25.7. The van der Waals surface area contributed by atoms with Crippen molar-refractivity contribution in [1.82, 2.24) is 15.2 Å². The number of fused-ring (bicyclic) bond motifs is 1. The van der Waals surface area contributed by atoms with Crippen LogP contribution in [0.4, 0.5) is 5.13 Å². The van der Waals surface area contributed by atoms with E-state index in [0.29, 0.717) is 17.9 Å². The maximum absolute atomic E-state index is 12.8. The molecule has 0 aromatic carbocycles. The fourth-order valence-electron chi connectivity index (χ4n) is 3.64. The molecule has 1 aromatic rings. The fourth-order valence-corrected chi connectivity index (χ4v) is 5.51. The second-order valence-corrected chi connectivity index (χ2v) is 9.12. The standard InChI is InChI=1S/C19H21N5O6S2.Na/c1-29-23-12(11-8-32-19(20)21-11)15(25)22-13-16(26)24-14(18(27)28)9(7-31-17(13)24)4-5-10-3-2-6-30-10;/h4-5,8,10,13,17H,2-3,6-7H2,1H3,(H2,20,21)(H,22,25)(H,27,28);/q;+1/p-1/b5-4+,23-12-;/t10?,13-,17-;/m1./s1. The molecular formula is C19H20N5NaO6S2. The number of carboxylic acid groups (broad SMARTS) is 1. The molecule has 0 bridgehead atoms. The summed E-state index contributed by atoms with van der Waals surface area (Å²) in [5.74, 6) is -2.33. The predicted molar refractivity (Wildman–Crippen MR) is 115 cm³/mol. The number of hydrogen-bond acceptors (Lipinski definition) is 11. The summed E-state index contributed by atoms with van der Waals surface area (Å²) in [5.41, 5.74) is 5.98. The van der Waals surface area contributed by atoms with Crippen LogP contribution in [0.25, 0.3) is 0 Å².